The molecule has 1 aromatic heterocycles. The average Bonchev–Trinajstić information content (AvgIpc) is 2.73. The van der Waals surface area contributed by atoms with Crippen LogP contribution in [-0.4, -0.2) is 65.6 Å². The molecular weight excluding hydrogens is 384 g/mol. The Labute approximate surface area is 177 Å². The van der Waals surface area contributed by atoms with Crippen LogP contribution >= 0.6 is 0 Å². The first-order valence-corrected chi connectivity index (χ1v) is 10.4. The third-order valence-corrected chi connectivity index (χ3v) is 5.24. The molecule has 0 unspecified atom stereocenters. The fraction of sp³-hybridized carbons (Fsp3) is 0.500. The summed E-state index contributed by atoms with van der Waals surface area (Å²) in [5.74, 6) is 1.26. The van der Waals surface area contributed by atoms with Gasteiger partial charge in [-0.2, -0.15) is 0 Å². The average molecular weight is 415 g/mol. The minimum absolute atomic E-state index is 0.108. The van der Waals surface area contributed by atoms with Gasteiger partial charge in [-0.05, 0) is 57.0 Å². The number of carbonyl (C=O) groups excluding carboxylic acids is 1. The van der Waals surface area contributed by atoms with Crippen molar-refractivity contribution in [3.8, 4) is 22.8 Å². The van der Waals surface area contributed by atoms with E-state index in [9.17, 15) is 9.90 Å². The lowest BCUT2D eigenvalue weighted by atomic mass is 10.0. The summed E-state index contributed by atoms with van der Waals surface area (Å²) in [7, 11) is 1.56. The van der Waals surface area contributed by atoms with E-state index in [1.165, 1.54) is 0 Å². The number of hydrogen-bond acceptors (Lipinski definition) is 8. The van der Waals surface area contributed by atoms with Crippen LogP contribution in [-0.2, 0) is 9.53 Å². The first kappa shape index (κ1) is 21.8. The highest BCUT2D eigenvalue weighted by Crippen LogP contribution is 2.33. The summed E-state index contributed by atoms with van der Waals surface area (Å²) in [5.41, 5.74) is 2.18. The fourth-order valence-corrected chi connectivity index (χ4v) is 3.73. The van der Waals surface area contributed by atoms with Crippen molar-refractivity contribution in [1.29, 1.82) is 0 Å². The van der Waals surface area contributed by atoms with Gasteiger partial charge >= 0.3 is 5.97 Å². The summed E-state index contributed by atoms with van der Waals surface area (Å²) in [6.07, 6.45) is 2.52. The Hall–Kier alpha value is -2.87. The fourth-order valence-electron chi connectivity index (χ4n) is 3.73. The van der Waals surface area contributed by atoms with Gasteiger partial charge in [0.25, 0.3) is 0 Å². The molecule has 0 saturated carbocycles. The van der Waals surface area contributed by atoms with Crippen molar-refractivity contribution in [3.63, 3.8) is 0 Å². The molecule has 2 aromatic rings. The highest BCUT2D eigenvalue weighted by Gasteiger charge is 2.21. The molecule has 30 heavy (non-hydrogen) atoms. The van der Waals surface area contributed by atoms with E-state index in [0.717, 1.165) is 31.5 Å². The molecular formula is C22H30N4O4. The topological polar surface area (TPSA) is 96.8 Å². The second-order valence-corrected chi connectivity index (χ2v) is 7.48. The van der Waals surface area contributed by atoms with Crippen molar-refractivity contribution in [2.75, 3.05) is 38.7 Å². The third kappa shape index (κ3) is 5.60. The van der Waals surface area contributed by atoms with E-state index in [1.807, 2.05) is 19.9 Å². The molecule has 0 amide bonds. The quantitative estimate of drug-likeness (QED) is 0.637. The zero-order valence-corrected chi connectivity index (χ0v) is 17.9. The van der Waals surface area contributed by atoms with Crippen LogP contribution in [0.1, 0.15) is 31.7 Å². The Kier molecular flexibility index (Phi) is 7.46. The van der Waals surface area contributed by atoms with E-state index in [4.69, 9.17) is 9.47 Å². The number of rotatable bonds is 8. The van der Waals surface area contributed by atoms with Gasteiger partial charge in [-0.1, -0.05) is 0 Å². The lowest BCUT2D eigenvalue weighted by molar-refractivity contribution is -0.143. The first-order valence-electron chi connectivity index (χ1n) is 10.4. The number of phenols is 1. The van der Waals surface area contributed by atoms with Crippen molar-refractivity contribution in [2.24, 2.45) is 0 Å². The molecule has 162 valence electrons. The zero-order chi connectivity index (χ0) is 21.5. The Morgan fingerprint density at radius 3 is 2.87 bits per heavy atom. The Bertz CT molecular complexity index is 874. The van der Waals surface area contributed by atoms with Gasteiger partial charge < -0.3 is 24.8 Å². The van der Waals surface area contributed by atoms with Gasteiger partial charge in [0.2, 0.25) is 0 Å². The predicted molar refractivity (Wildman–Crippen MR) is 115 cm³/mol. The number of anilines is 1. The third-order valence-electron chi connectivity index (χ3n) is 5.24. The summed E-state index contributed by atoms with van der Waals surface area (Å²) in [4.78, 5) is 13.9. The summed E-state index contributed by atoms with van der Waals surface area (Å²) >= 11 is 0. The van der Waals surface area contributed by atoms with Crippen LogP contribution in [0.2, 0.25) is 0 Å². The maximum Gasteiger partial charge on any atom is 0.307 e. The van der Waals surface area contributed by atoms with E-state index >= 15 is 0 Å². The molecule has 8 heteroatoms. The molecule has 1 aliphatic heterocycles. The van der Waals surface area contributed by atoms with Crippen molar-refractivity contribution in [2.45, 2.75) is 39.2 Å². The lowest BCUT2D eigenvalue weighted by Gasteiger charge is -2.33. The minimum Gasteiger partial charge on any atom is -0.507 e. The van der Waals surface area contributed by atoms with Gasteiger partial charge in [0.05, 0.1) is 25.8 Å². The molecule has 2 N–H and O–H groups in total. The number of nitrogens with one attached hydrogen (secondary N) is 1. The Morgan fingerprint density at radius 2 is 2.17 bits per heavy atom. The van der Waals surface area contributed by atoms with Crippen LogP contribution in [0.4, 0.5) is 5.82 Å². The maximum absolute atomic E-state index is 11.6. The van der Waals surface area contributed by atoms with Crippen LogP contribution < -0.4 is 10.1 Å². The lowest BCUT2D eigenvalue weighted by Crippen LogP contribution is -2.43. The minimum atomic E-state index is -0.147. The van der Waals surface area contributed by atoms with E-state index in [0.29, 0.717) is 42.4 Å². The van der Waals surface area contributed by atoms with Gasteiger partial charge in [-0.15, -0.1) is 10.2 Å². The van der Waals surface area contributed by atoms with E-state index in [2.05, 4.69) is 20.4 Å². The van der Waals surface area contributed by atoms with Crippen molar-refractivity contribution in [1.82, 2.24) is 15.1 Å². The van der Waals surface area contributed by atoms with E-state index in [-0.39, 0.29) is 17.8 Å². The molecule has 8 nitrogen and oxygen atoms in total. The highest BCUT2D eigenvalue weighted by molar-refractivity contribution is 5.71. The number of benzene rings is 1. The van der Waals surface area contributed by atoms with Gasteiger partial charge in [0.1, 0.15) is 17.3 Å². The molecule has 3 rings (SSSR count). The molecule has 0 radical (unpaired) electrons. The smallest absolute Gasteiger partial charge is 0.307 e. The van der Waals surface area contributed by atoms with Gasteiger partial charge in [-0.25, -0.2) is 0 Å². The van der Waals surface area contributed by atoms with Gasteiger partial charge in [0.15, 0.2) is 0 Å². The summed E-state index contributed by atoms with van der Waals surface area (Å²) in [5, 5.41) is 22.4. The Balaban J connectivity index is 1.62. The molecule has 0 spiro atoms. The summed E-state index contributed by atoms with van der Waals surface area (Å²) in [6.45, 7) is 6.73. The number of esters is 1. The number of piperidine rings is 1. The second kappa shape index (κ2) is 10.2. The molecule has 1 atom stereocenters. The molecule has 0 bridgehead atoms. The van der Waals surface area contributed by atoms with E-state index in [1.54, 1.807) is 25.3 Å². The number of methoxy groups -OCH3 is 1. The zero-order valence-electron chi connectivity index (χ0n) is 17.9. The number of carbonyl (C=O) groups is 1. The molecule has 1 fully saturated rings. The van der Waals surface area contributed by atoms with Crippen molar-refractivity contribution in [3.05, 3.63) is 29.8 Å². The molecule has 1 saturated heterocycles. The van der Waals surface area contributed by atoms with Crippen molar-refractivity contribution < 1.29 is 19.4 Å². The number of aromatic nitrogens is 2. The number of phenolic OH excluding ortho intramolecular Hbond substituents is 1. The SMILES string of the molecule is CCOC(=O)CCN1CCC[C@@H](Nc2cc(C)c(-c3ccc(OC)cc3O)nn2)C1. The first-order chi connectivity index (χ1) is 14.5. The number of likely N-dealkylation sites (tertiary alicyclic amines) is 1. The number of ether oxygens (including phenoxy) is 2. The molecule has 2 heterocycles. The van der Waals surface area contributed by atoms with Crippen LogP contribution in [0.15, 0.2) is 24.3 Å². The predicted octanol–water partition coefficient (Wildman–Crippen LogP) is 3.00. The molecule has 1 aliphatic rings. The summed E-state index contributed by atoms with van der Waals surface area (Å²) < 4.78 is 10.1. The maximum atomic E-state index is 11.6. The van der Waals surface area contributed by atoms with Crippen LogP contribution in [0.3, 0.4) is 0 Å². The number of hydrogen-bond donors (Lipinski definition) is 2. The van der Waals surface area contributed by atoms with E-state index < -0.39 is 0 Å². The van der Waals surface area contributed by atoms with Crippen LogP contribution in [0.5, 0.6) is 11.5 Å². The molecule has 0 aliphatic carbocycles. The number of aromatic hydroxyl groups is 1. The second-order valence-electron chi connectivity index (χ2n) is 7.48. The Morgan fingerprint density at radius 1 is 1.33 bits per heavy atom. The van der Waals surface area contributed by atoms with Gasteiger partial charge in [-0.3, -0.25) is 4.79 Å². The summed E-state index contributed by atoms with van der Waals surface area (Å²) in [6, 6.07) is 7.32. The number of nitrogens with zero attached hydrogens (tertiary/aromatic N) is 3. The number of aryl methyl sites for hydroxylation is 1. The normalized spacial score (nSPS) is 16.8. The van der Waals surface area contributed by atoms with Crippen LogP contribution in [0.25, 0.3) is 11.3 Å². The monoisotopic (exact) mass is 414 g/mol. The van der Waals surface area contributed by atoms with Crippen molar-refractivity contribution >= 4 is 11.8 Å². The molecule has 1 aromatic carbocycles. The van der Waals surface area contributed by atoms with Crippen LogP contribution in [0, 0.1) is 6.92 Å². The van der Waals surface area contributed by atoms with Gasteiger partial charge in [0, 0.05) is 30.8 Å². The highest BCUT2D eigenvalue weighted by atomic mass is 16.5. The largest absolute Gasteiger partial charge is 0.507 e. The standard InChI is InChI=1S/C22H30N4O4/c1-4-30-21(28)9-11-26-10-5-6-16(14-26)23-20-12-15(2)22(25-24-20)18-8-7-17(29-3)13-19(18)27/h7-8,12-13,16,27H,4-6,9-11,14H2,1-3H3,(H,23,24)/t16-/m1/s1.